The van der Waals surface area contributed by atoms with Crippen LogP contribution in [0.5, 0.6) is 0 Å². The molecule has 0 spiro atoms. The third-order valence-corrected chi connectivity index (χ3v) is 7.31. The lowest BCUT2D eigenvalue weighted by Gasteiger charge is -2.12. The summed E-state index contributed by atoms with van der Waals surface area (Å²) in [6.45, 7) is 1.64. The molecular formula is C23H24F2N4O4S. The molecule has 3 N–H and O–H groups in total. The van der Waals surface area contributed by atoms with Crippen molar-refractivity contribution in [3.8, 4) is 0 Å². The number of carbonyl (C=O) groups excluding carboxylic acids is 2. The number of H-pyrrole nitrogens is 1. The van der Waals surface area contributed by atoms with E-state index in [2.05, 4.69) is 15.3 Å². The third kappa shape index (κ3) is 4.79. The molecule has 1 fully saturated rings. The predicted octanol–water partition coefficient (Wildman–Crippen LogP) is 4.62. The minimum absolute atomic E-state index is 0.00169. The Morgan fingerprint density at radius 3 is 2.65 bits per heavy atom. The predicted molar refractivity (Wildman–Crippen MR) is 124 cm³/mol. The van der Waals surface area contributed by atoms with Crippen LogP contribution < -0.4 is 10.0 Å². The molecule has 1 aliphatic carbocycles. The average Bonchev–Trinajstić information content (AvgIpc) is 3.45. The maximum absolute atomic E-state index is 14.9. The fraction of sp³-hybridized carbons (Fsp3) is 0.348. The van der Waals surface area contributed by atoms with Gasteiger partial charge in [0.25, 0.3) is 5.91 Å². The van der Waals surface area contributed by atoms with Crippen LogP contribution in [0.1, 0.15) is 59.7 Å². The van der Waals surface area contributed by atoms with Crippen molar-refractivity contribution < 1.29 is 26.8 Å². The molecule has 34 heavy (non-hydrogen) atoms. The first-order chi connectivity index (χ1) is 16.2. The standard InChI is InChI=1S/C23H24F2N4O4S/c1-2-9-34(32,33)29-18-8-7-17(24)19(20(18)25)23(31)28-14-10-15-16(12-27-22(15)26-11-14)21(30)13-5-3-4-6-13/h7-8,10-13,29H,2-6,9H2,1H3,(H,26,27)(H,28,31). The van der Waals surface area contributed by atoms with Gasteiger partial charge in [-0.3, -0.25) is 14.3 Å². The van der Waals surface area contributed by atoms with Gasteiger partial charge < -0.3 is 10.3 Å². The molecule has 11 heteroatoms. The molecule has 0 aliphatic heterocycles. The molecule has 8 nitrogen and oxygen atoms in total. The molecule has 4 rings (SSSR count). The zero-order valence-corrected chi connectivity index (χ0v) is 19.3. The average molecular weight is 491 g/mol. The molecule has 2 aromatic heterocycles. The summed E-state index contributed by atoms with van der Waals surface area (Å²) >= 11 is 0. The van der Waals surface area contributed by atoms with E-state index in [4.69, 9.17) is 0 Å². The van der Waals surface area contributed by atoms with Gasteiger partial charge in [-0.15, -0.1) is 0 Å². The Hall–Kier alpha value is -3.34. The molecule has 0 unspecified atom stereocenters. The Morgan fingerprint density at radius 2 is 1.94 bits per heavy atom. The second-order valence-electron chi connectivity index (χ2n) is 8.33. The minimum Gasteiger partial charge on any atom is -0.345 e. The normalized spacial score (nSPS) is 14.4. The number of ketones is 1. The van der Waals surface area contributed by atoms with Gasteiger partial charge in [-0.25, -0.2) is 22.2 Å². The number of rotatable bonds is 8. The summed E-state index contributed by atoms with van der Waals surface area (Å²) in [5.74, 6) is -3.91. The Morgan fingerprint density at radius 1 is 1.21 bits per heavy atom. The van der Waals surface area contributed by atoms with E-state index in [1.807, 2.05) is 4.72 Å². The number of Topliss-reactive ketones (excluding diaryl/α,β-unsaturated/α-hetero) is 1. The number of nitrogens with zero attached hydrogens (tertiary/aromatic N) is 1. The number of aromatic nitrogens is 2. The fourth-order valence-corrected chi connectivity index (χ4v) is 5.34. The van der Waals surface area contributed by atoms with Gasteiger partial charge in [0.2, 0.25) is 10.0 Å². The first-order valence-corrected chi connectivity index (χ1v) is 12.7. The van der Waals surface area contributed by atoms with Crippen LogP contribution in [0.2, 0.25) is 0 Å². The van der Waals surface area contributed by atoms with E-state index < -0.39 is 38.8 Å². The van der Waals surface area contributed by atoms with Crippen LogP contribution in [0.4, 0.5) is 20.2 Å². The van der Waals surface area contributed by atoms with Crippen molar-refractivity contribution in [1.29, 1.82) is 0 Å². The van der Waals surface area contributed by atoms with Crippen molar-refractivity contribution in [2.24, 2.45) is 5.92 Å². The van der Waals surface area contributed by atoms with Gasteiger partial charge in [0.1, 0.15) is 17.0 Å². The Labute approximate surface area is 195 Å². The zero-order valence-electron chi connectivity index (χ0n) is 18.5. The molecule has 180 valence electrons. The van der Waals surface area contributed by atoms with Crippen LogP contribution in [-0.2, 0) is 10.0 Å². The van der Waals surface area contributed by atoms with Gasteiger partial charge in [0.15, 0.2) is 11.6 Å². The summed E-state index contributed by atoms with van der Waals surface area (Å²) in [5, 5.41) is 2.89. The van der Waals surface area contributed by atoms with Crippen molar-refractivity contribution in [3.63, 3.8) is 0 Å². The third-order valence-electron chi connectivity index (χ3n) is 5.84. The summed E-state index contributed by atoms with van der Waals surface area (Å²) in [5.41, 5.74) is -0.427. The summed E-state index contributed by atoms with van der Waals surface area (Å²) < 4.78 is 55.3. The van der Waals surface area contributed by atoms with Gasteiger partial charge >= 0.3 is 0 Å². The van der Waals surface area contributed by atoms with Crippen LogP contribution in [0.15, 0.2) is 30.6 Å². The quantitative estimate of drug-likeness (QED) is 0.398. The van der Waals surface area contributed by atoms with Crippen molar-refractivity contribution >= 4 is 44.1 Å². The maximum atomic E-state index is 14.9. The molecule has 1 saturated carbocycles. The van der Waals surface area contributed by atoms with Crippen molar-refractivity contribution in [1.82, 2.24) is 9.97 Å². The van der Waals surface area contributed by atoms with Crippen molar-refractivity contribution in [2.75, 3.05) is 15.8 Å². The highest BCUT2D eigenvalue weighted by atomic mass is 32.2. The minimum atomic E-state index is -3.85. The van der Waals surface area contributed by atoms with E-state index in [1.54, 1.807) is 13.1 Å². The zero-order chi connectivity index (χ0) is 24.5. The first kappa shape index (κ1) is 23.8. The number of aromatic amines is 1. The SMILES string of the molecule is CCCS(=O)(=O)Nc1ccc(F)c(C(=O)Nc2cnc3[nH]cc(C(=O)C4CCCC4)c3c2)c1F. The lowest BCUT2D eigenvalue weighted by Crippen LogP contribution is -2.20. The van der Waals surface area contributed by atoms with E-state index >= 15 is 0 Å². The molecule has 1 amide bonds. The molecule has 2 heterocycles. The molecule has 3 aromatic rings. The van der Waals surface area contributed by atoms with Gasteiger partial charge in [-0.2, -0.15) is 0 Å². The molecule has 0 atom stereocenters. The topological polar surface area (TPSA) is 121 Å². The van der Waals surface area contributed by atoms with Crippen molar-refractivity contribution in [2.45, 2.75) is 39.0 Å². The lowest BCUT2D eigenvalue weighted by molar-refractivity contribution is 0.0924. The number of halogens is 2. The van der Waals surface area contributed by atoms with E-state index in [0.717, 1.165) is 37.8 Å². The highest BCUT2D eigenvalue weighted by molar-refractivity contribution is 7.92. The Bertz CT molecular complexity index is 1360. The first-order valence-electron chi connectivity index (χ1n) is 11.0. The summed E-state index contributed by atoms with van der Waals surface area (Å²) in [7, 11) is -3.85. The van der Waals surface area contributed by atoms with Crippen LogP contribution in [0, 0.1) is 17.6 Å². The number of carbonyl (C=O) groups is 2. The number of benzene rings is 1. The van der Waals surface area contributed by atoms with Crippen LogP contribution in [0.25, 0.3) is 11.0 Å². The van der Waals surface area contributed by atoms with E-state index in [-0.39, 0.29) is 23.1 Å². The molecule has 0 radical (unpaired) electrons. The number of amides is 1. The van der Waals surface area contributed by atoms with E-state index in [9.17, 15) is 26.8 Å². The number of anilines is 2. The fourth-order valence-electron chi connectivity index (χ4n) is 4.20. The molecular weight excluding hydrogens is 466 g/mol. The summed E-state index contributed by atoms with van der Waals surface area (Å²) in [6, 6.07) is 3.25. The van der Waals surface area contributed by atoms with Crippen LogP contribution in [-0.4, -0.2) is 35.8 Å². The second kappa shape index (κ2) is 9.49. The van der Waals surface area contributed by atoms with Gasteiger partial charge in [-0.1, -0.05) is 19.8 Å². The number of hydrogen-bond donors (Lipinski definition) is 3. The highest BCUT2D eigenvalue weighted by Crippen LogP contribution is 2.31. The Kier molecular flexibility index (Phi) is 6.65. The Balaban J connectivity index is 1.61. The highest BCUT2D eigenvalue weighted by Gasteiger charge is 2.27. The maximum Gasteiger partial charge on any atom is 0.261 e. The summed E-state index contributed by atoms with van der Waals surface area (Å²) in [4.78, 5) is 32.7. The van der Waals surface area contributed by atoms with Crippen LogP contribution >= 0.6 is 0 Å². The number of fused-ring (bicyclic) bond motifs is 1. The van der Waals surface area contributed by atoms with Crippen molar-refractivity contribution in [3.05, 3.63) is 53.4 Å². The molecule has 0 bridgehead atoms. The summed E-state index contributed by atoms with van der Waals surface area (Å²) in [6.07, 6.45) is 6.83. The smallest absolute Gasteiger partial charge is 0.261 e. The van der Waals surface area contributed by atoms with Gasteiger partial charge in [0, 0.05) is 23.1 Å². The van der Waals surface area contributed by atoms with Gasteiger partial charge in [0.05, 0.1) is 23.3 Å². The monoisotopic (exact) mass is 490 g/mol. The number of pyridine rings is 1. The lowest BCUT2D eigenvalue weighted by atomic mass is 9.96. The molecule has 0 saturated heterocycles. The number of sulfonamides is 1. The number of nitrogens with one attached hydrogen (secondary N) is 3. The number of hydrogen-bond acceptors (Lipinski definition) is 5. The van der Waals surface area contributed by atoms with E-state index in [1.165, 1.54) is 12.3 Å². The largest absolute Gasteiger partial charge is 0.345 e. The van der Waals surface area contributed by atoms with Gasteiger partial charge in [-0.05, 0) is 37.5 Å². The van der Waals surface area contributed by atoms with Crippen LogP contribution in [0.3, 0.4) is 0 Å². The van der Waals surface area contributed by atoms with E-state index in [0.29, 0.717) is 23.0 Å². The molecule has 1 aliphatic rings. The second-order valence-corrected chi connectivity index (χ2v) is 10.2. The molecule has 1 aromatic carbocycles.